The van der Waals surface area contributed by atoms with Crippen molar-refractivity contribution in [2.75, 3.05) is 13.2 Å². The standard InChI is InChI=1S/C15H13I2NO3/c1-3-5-21-14-12(16)7-10(8-13(14)17)6-11(9-18)15(19)20-4-2/h3,6-8H,1,4-5H2,2H3/b11-6+. The largest absolute Gasteiger partial charge is 0.487 e. The molecule has 0 atom stereocenters. The fourth-order valence-corrected chi connectivity index (χ4v) is 3.58. The Kier molecular flexibility index (Phi) is 7.74. The van der Waals surface area contributed by atoms with Crippen molar-refractivity contribution in [3.63, 3.8) is 0 Å². The Morgan fingerprint density at radius 1 is 1.43 bits per heavy atom. The van der Waals surface area contributed by atoms with Crippen molar-refractivity contribution >= 4 is 57.2 Å². The van der Waals surface area contributed by atoms with E-state index in [9.17, 15) is 4.79 Å². The highest BCUT2D eigenvalue weighted by Gasteiger charge is 2.12. The van der Waals surface area contributed by atoms with Gasteiger partial charge in [-0.15, -0.1) is 0 Å². The number of carbonyl (C=O) groups excluding carboxylic acids is 1. The lowest BCUT2D eigenvalue weighted by Crippen LogP contribution is -2.06. The van der Waals surface area contributed by atoms with E-state index in [4.69, 9.17) is 14.7 Å². The Bertz CT molecular complexity index is 595. The highest BCUT2D eigenvalue weighted by atomic mass is 127. The first-order valence-corrected chi connectivity index (χ1v) is 8.20. The van der Waals surface area contributed by atoms with Gasteiger partial charge in [0.05, 0.1) is 13.7 Å². The van der Waals surface area contributed by atoms with Gasteiger partial charge in [-0.3, -0.25) is 0 Å². The summed E-state index contributed by atoms with van der Waals surface area (Å²) in [5.74, 6) is 0.153. The number of hydrogen-bond donors (Lipinski definition) is 0. The van der Waals surface area contributed by atoms with Gasteiger partial charge in [-0.1, -0.05) is 12.7 Å². The average Bonchev–Trinajstić information content (AvgIpc) is 2.44. The van der Waals surface area contributed by atoms with Crippen LogP contribution in [0.4, 0.5) is 0 Å². The summed E-state index contributed by atoms with van der Waals surface area (Å²) in [5.41, 5.74) is 0.725. The highest BCUT2D eigenvalue weighted by Crippen LogP contribution is 2.29. The van der Waals surface area contributed by atoms with E-state index in [0.29, 0.717) is 6.61 Å². The number of halogens is 2. The van der Waals surface area contributed by atoms with Gasteiger partial charge in [0.2, 0.25) is 0 Å². The van der Waals surface area contributed by atoms with E-state index in [2.05, 4.69) is 51.8 Å². The Morgan fingerprint density at radius 3 is 2.52 bits per heavy atom. The van der Waals surface area contributed by atoms with E-state index in [-0.39, 0.29) is 12.2 Å². The first kappa shape index (κ1) is 18.0. The molecule has 1 rings (SSSR count). The lowest BCUT2D eigenvalue weighted by molar-refractivity contribution is -0.137. The third-order valence-electron chi connectivity index (χ3n) is 2.29. The van der Waals surface area contributed by atoms with E-state index in [0.717, 1.165) is 18.5 Å². The molecule has 1 aromatic rings. The molecule has 0 spiro atoms. The molecule has 0 amide bonds. The molecule has 4 nitrogen and oxygen atoms in total. The number of hydrogen-bond acceptors (Lipinski definition) is 4. The van der Waals surface area contributed by atoms with Crippen molar-refractivity contribution in [3.05, 3.63) is 43.1 Å². The van der Waals surface area contributed by atoms with Crippen molar-refractivity contribution in [3.8, 4) is 11.8 Å². The maximum atomic E-state index is 11.6. The Morgan fingerprint density at radius 2 is 2.05 bits per heavy atom. The van der Waals surface area contributed by atoms with Crippen LogP contribution in [0.25, 0.3) is 6.08 Å². The average molecular weight is 509 g/mol. The van der Waals surface area contributed by atoms with E-state index < -0.39 is 5.97 Å². The fourth-order valence-electron chi connectivity index (χ4n) is 1.46. The first-order chi connectivity index (χ1) is 10.0. The van der Waals surface area contributed by atoms with Gasteiger partial charge in [0.25, 0.3) is 0 Å². The van der Waals surface area contributed by atoms with Crippen molar-refractivity contribution in [2.24, 2.45) is 0 Å². The Labute approximate surface area is 151 Å². The van der Waals surface area contributed by atoms with Crippen molar-refractivity contribution in [2.45, 2.75) is 6.92 Å². The predicted octanol–water partition coefficient (Wildman–Crippen LogP) is 3.93. The fraction of sp³-hybridized carbons (Fsp3) is 0.200. The van der Waals surface area contributed by atoms with Crippen molar-refractivity contribution in [1.29, 1.82) is 5.26 Å². The van der Waals surface area contributed by atoms with Crippen LogP contribution in [0.3, 0.4) is 0 Å². The number of benzene rings is 1. The van der Waals surface area contributed by atoms with Crippen molar-refractivity contribution in [1.82, 2.24) is 0 Å². The van der Waals surface area contributed by atoms with Crippen molar-refractivity contribution < 1.29 is 14.3 Å². The molecule has 110 valence electrons. The van der Waals surface area contributed by atoms with Gasteiger partial charge in [0.1, 0.15) is 24.0 Å². The van der Waals surface area contributed by atoms with Crippen LogP contribution < -0.4 is 4.74 Å². The molecule has 0 radical (unpaired) electrons. The summed E-state index contributed by atoms with van der Waals surface area (Å²) in [4.78, 5) is 11.6. The Balaban J connectivity index is 3.12. The second-order valence-corrected chi connectivity index (χ2v) is 6.13. The molecule has 0 unspecified atom stereocenters. The van der Waals surface area contributed by atoms with E-state index >= 15 is 0 Å². The summed E-state index contributed by atoms with van der Waals surface area (Å²) in [7, 11) is 0. The van der Waals surface area contributed by atoms with Crippen LogP contribution >= 0.6 is 45.2 Å². The second kappa shape index (κ2) is 9.04. The molecule has 0 aliphatic carbocycles. The molecule has 0 aliphatic rings. The zero-order chi connectivity index (χ0) is 15.8. The minimum Gasteiger partial charge on any atom is -0.487 e. The molecule has 0 saturated heterocycles. The topological polar surface area (TPSA) is 59.3 Å². The van der Waals surface area contributed by atoms with Gasteiger partial charge in [-0.2, -0.15) is 5.26 Å². The van der Waals surface area contributed by atoms with Crippen LogP contribution in [0.5, 0.6) is 5.75 Å². The normalized spacial score (nSPS) is 10.7. The molecule has 6 heteroatoms. The molecule has 1 aromatic carbocycles. The molecule has 0 aromatic heterocycles. The maximum absolute atomic E-state index is 11.6. The lowest BCUT2D eigenvalue weighted by atomic mass is 10.1. The van der Waals surface area contributed by atoms with Gasteiger partial charge in [0, 0.05) is 0 Å². The molecular weight excluding hydrogens is 496 g/mol. The molecule has 21 heavy (non-hydrogen) atoms. The molecule has 0 heterocycles. The number of nitrogens with zero attached hydrogens (tertiary/aromatic N) is 1. The van der Waals surface area contributed by atoms with Gasteiger partial charge in [-0.25, -0.2) is 4.79 Å². The minimum atomic E-state index is -0.614. The van der Waals surface area contributed by atoms with Gasteiger partial charge < -0.3 is 9.47 Å². The molecule has 0 N–H and O–H groups in total. The molecule has 0 bridgehead atoms. The third kappa shape index (κ3) is 5.32. The maximum Gasteiger partial charge on any atom is 0.348 e. The third-order valence-corrected chi connectivity index (χ3v) is 3.90. The molecule has 0 aliphatic heterocycles. The number of carbonyl (C=O) groups is 1. The quantitative estimate of drug-likeness (QED) is 0.192. The van der Waals surface area contributed by atoms with E-state index in [1.54, 1.807) is 13.0 Å². The zero-order valence-electron chi connectivity index (χ0n) is 11.4. The van der Waals surface area contributed by atoms with Gasteiger partial charge >= 0.3 is 5.97 Å². The Hall–Kier alpha value is -1.08. The number of esters is 1. The minimum absolute atomic E-state index is 0.0248. The predicted molar refractivity (Wildman–Crippen MR) is 97.8 cm³/mol. The smallest absolute Gasteiger partial charge is 0.348 e. The summed E-state index contributed by atoms with van der Waals surface area (Å²) in [6, 6.07) is 5.55. The van der Waals surface area contributed by atoms with Crippen LogP contribution in [0.1, 0.15) is 12.5 Å². The summed E-state index contributed by atoms with van der Waals surface area (Å²) < 4.78 is 12.2. The van der Waals surface area contributed by atoms with Crippen LogP contribution in [-0.2, 0) is 9.53 Å². The second-order valence-electron chi connectivity index (χ2n) is 3.80. The molecular formula is C15H13I2NO3. The van der Waals surface area contributed by atoms with Crippen LogP contribution in [0.15, 0.2) is 30.4 Å². The highest BCUT2D eigenvalue weighted by molar-refractivity contribution is 14.1. The lowest BCUT2D eigenvalue weighted by Gasteiger charge is -2.10. The summed E-state index contributed by atoms with van der Waals surface area (Å²) in [6.45, 7) is 5.97. The van der Waals surface area contributed by atoms with Crippen LogP contribution in [0.2, 0.25) is 0 Å². The number of ether oxygens (including phenoxy) is 2. The SMILES string of the molecule is C=CCOc1c(I)cc(/C=C(\C#N)C(=O)OCC)cc1I. The summed E-state index contributed by atoms with van der Waals surface area (Å²) >= 11 is 4.30. The number of nitriles is 1. The summed E-state index contributed by atoms with van der Waals surface area (Å²) in [6.07, 6.45) is 3.19. The summed E-state index contributed by atoms with van der Waals surface area (Å²) in [5, 5.41) is 9.04. The van der Waals surface area contributed by atoms with E-state index in [1.807, 2.05) is 18.2 Å². The zero-order valence-corrected chi connectivity index (χ0v) is 15.7. The van der Waals surface area contributed by atoms with E-state index in [1.165, 1.54) is 6.08 Å². The first-order valence-electron chi connectivity index (χ1n) is 6.05. The van der Waals surface area contributed by atoms with Crippen LogP contribution in [-0.4, -0.2) is 19.2 Å². The molecule has 0 fully saturated rings. The molecule has 0 saturated carbocycles. The van der Waals surface area contributed by atoms with Gasteiger partial charge in [-0.05, 0) is 75.9 Å². The number of rotatable bonds is 6. The van der Waals surface area contributed by atoms with Crippen LogP contribution in [0, 0.1) is 18.5 Å². The monoisotopic (exact) mass is 509 g/mol. The van der Waals surface area contributed by atoms with Gasteiger partial charge in [0.15, 0.2) is 0 Å².